The monoisotopic (exact) mass is 529 g/mol. The Bertz CT molecular complexity index is 1330. The molecular formula is C24H31N7O5S. The van der Waals surface area contributed by atoms with Crippen LogP contribution in [0.4, 0.5) is 17.5 Å². The molecule has 4 heterocycles. The number of fused-ring (bicyclic) bond motifs is 1. The van der Waals surface area contributed by atoms with Gasteiger partial charge in [0.15, 0.2) is 5.75 Å². The van der Waals surface area contributed by atoms with Crippen LogP contribution >= 0.6 is 0 Å². The van der Waals surface area contributed by atoms with Crippen LogP contribution in [0, 0.1) is 0 Å². The zero-order valence-corrected chi connectivity index (χ0v) is 21.7. The number of methoxy groups -OCH3 is 1. The number of hydrogen-bond acceptors (Lipinski definition) is 11. The maximum absolute atomic E-state index is 11.8. The van der Waals surface area contributed by atoms with Gasteiger partial charge >= 0.3 is 0 Å². The fourth-order valence-electron chi connectivity index (χ4n) is 4.56. The van der Waals surface area contributed by atoms with Gasteiger partial charge in [0.25, 0.3) is 0 Å². The number of anilines is 3. The minimum atomic E-state index is -3.44. The van der Waals surface area contributed by atoms with Crippen molar-refractivity contribution in [3.8, 4) is 11.6 Å². The Morgan fingerprint density at radius 3 is 2.43 bits per heavy atom. The third-order valence-electron chi connectivity index (χ3n) is 6.42. The molecule has 2 N–H and O–H groups in total. The summed E-state index contributed by atoms with van der Waals surface area (Å²) in [6, 6.07) is 3.88. The molecular weight excluding hydrogens is 498 g/mol. The van der Waals surface area contributed by atoms with Crippen molar-refractivity contribution in [1.29, 1.82) is 0 Å². The van der Waals surface area contributed by atoms with Crippen molar-refractivity contribution in [2.45, 2.75) is 37.8 Å². The molecule has 198 valence electrons. The zero-order chi connectivity index (χ0) is 25.8. The van der Waals surface area contributed by atoms with Gasteiger partial charge in [-0.05, 0) is 31.7 Å². The van der Waals surface area contributed by atoms with E-state index in [0.717, 1.165) is 50.8 Å². The molecule has 2 fully saturated rings. The molecule has 0 radical (unpaired) electrons. The predicted molar refractivity (Wildman–Crippen MR) is 140 cm³/mol. The molecule has 0 spiro atoms. The Hall–Kier alpha value is -3.45. The number of morpholine rings is 1. The summed E-state index contributed by atoms with van der Waals surface area (Å²) >= 11 is 0. The van der Waals surface area contributed by atoms with Gasteiger partial charge < -0.3 is 24.4 Å². The van der Waals surface area contributed by atoms with Crippen molar-refractivity contribution in [2.75, 3.05) is 54.6 Å². The number of pyridine rings is 2. The first-order valence-corrected chi connectivity index (χ1v) is 14.2. The quantitative estimate of drug-likeness (QED) is 0.444. The summed E-state index contributed by atoms with van der Waals surface area (Å²) < 4.78 is 43.1. The van der Waals surface area contributed by atoms with Crippen LogP contribution in [0.25, 0.3) is 10.9 Å². The first-order valence-electron chi connectivity index (χ1n) is 12.3. The fourth-order valence-corrected chi connectivity index (χ4v) is 5.10. The minimum absolute atomic E-state index is 0.0306. The van der Waals surface area contributed by atoms with E-state index in [4.69, 9.17) is 19.2 Å². The van der Waals surface area contributed by atoms with Crippen molar-refractivity contribution in [2.24, 2.45) is 0 Å². The summed E-state index contributed by atoms with van der Waals surface area (Å²) in [7, 11) is -1.86. The van der Waals surface area contributed by atoms with E-state index in [9.17, 15) is 8.42 Å². The minimum Gasteiger partial charge on any atom is -0.494 e. The van der Waals surface area contributed by atoms with E-state index >= 15 is 0 Å². The highest BCUT2D eigenvalue weighted by Crippen LogP contribution is 2.33. The lowest BCUT2D eigenvalue weighted by Crippen LogP contribution is -2.37. The lowest BCUT2D eigenvalue weighted by atomic mass is 9.93. The summed E-state index contributed by atoms with van der Waals surface area (Å²) in [4.78, 5) is 20.1. The van der Waals surface area contributed by atoms with Gasteiger partial charge in [0.2, 0.25) is 21.9 Å². The molecule has 1 aliphatic carbocycles. The third-order valence-corrected chi connectivity index (χ3v) is 7.03. The summed E-state index contributed by atoms with van der Waals surface area (Å²) in [5, 5.41) is 4.05. The Morgan fingerprint density at radius 1 is 1.03 bits per heavy atom. The molecule has 0 atom stereocenters. The molecule has 1 saturated heterocycles. The lowest BCUT2D eigenvalue weighted by molar-refractivity contribution is 0.122. The van der Waals surface area contributed by atoms with E-state index in [-0.39, 0.29) is 12.1 Å². The number of nitrogens with one attached hydrogen (secondary N) is 2. The van der Waals surface area contributed by atoms with Gasteiger partial charge in [-0.15, -0.1) is 0 Å². The molecule has 0 aromatic carbocycles. The Balaban J connectivity index is 1.33. The van der Waals surface area contributed by atoms with E-state index in [1.54, 1.807) is 25.6 Å². The van der Waals surface area contributed by atoms with Gasteiger partial charge in [0.05, 0.1) is 61.8 Å². The topological polar surface area (TPSA) is 141 Å². The first-order chi connectivity index (χ1) is 17.9. The van der Waals surface area contributed by atoms with Gasteiger partial charge in [0, 0.05) is 25.2 Å². The normalized spacial score (nSPS) is 20.4. The molecule has 0 amide bonds. The van der Waals surface area contributed by atoms with Crippen LogP contribution < -0.4 is 24.4 Å². The second kappa shape index (κ2) is 10.9. The molecule has 1 aliphatic heterocycles. The van der Waals surface area contributed by atoms with E-state index in [1.165, 1.54) is 6.20 Å². The first kappa shape index (κ1) is 25.2. The molecule has 0 bridgehead atoms. The number of aromatic nitrogens is 4. The molecule has 0 unspecified atom stereocenters. The highest BCUT2D eigenvalue weighted by Gasteiger charge is 2.25. The highest BCUT2D eigenvalue weighted by molar-refractivity contribution is 7.92. The van der Waals surface area contributed by atoms with Gasteiger partial charge in [-0.3, -0.25) is 9.71 Å². The molecule has 5 rings (SSSR count). The maximum Gasteiger partial charge on any atom is 0.229 e. The predicted octanol–water partition coefficient (Wildman–Crippen LogP) is 2.44. The molecule has 12 nitrogen and oxygen atoms in total. The van der Waals surface area contributed by atoms with Gasteiger partial charge in [0.1, 0.15) is 11.9 Å². The number of hydrogen-bond donors (Lipinski definition) is 2. The van der Waals surface area contributed by atoms with Crippen LogP contribution in [0.5, 0.6) is 11.6 Å². The van der Waals surface area contributed by atoms with E-state index < -0.39 is 10.0 Å². The van der Waals surface area contributed by atoms with Crippen molar-refractivity contribution in [1.82, 2.24) is 19.9 Å². The molecule has 37 heavy (non-hydrogen) atoms. The molecule has 1 saturated carbocycles. The number of ether oxygens (including phenoxy) is 3. The summed E-state index contributed by atoms with van der Waals surface area (Å²) in [5.41, 5.74) is 1.06. The smallest absolute Gasteiger partial charge is 0.229 e. The van der Waals surface area contributed by atoms with E-state index in [1.807, 2.05) is 6.07 Å². The highest BCUT2D eigenvalue weighted by atomic mass is 32.2. The van der Waals surface area contributed by atoms with Gasteiger partial charge in [-0.2, -0.15) is 4.98 Å². The van der Waals surface area contributed by atoms with E-state index in [2.05, 4.69) is 29.9 Å². The summed E-state index contributed by atoms with van der Waals surface area (Å²) in [6.07, 6.45) is 9.30. The van der Waals surface area contributed by atoms with Crippen LogP contribution in [0.3, 0.4) is 0 Å². The van der Waals surface area contributed by atoms with Gasteiger partial charge in [-0.1, -0.05) is 0 Å². The average molecular weight is 530 g/mol. The standard InChI is InChI=1S/C24H31N7O5S/c1-34-19-14-26-24(27-15-19)28-16-3-5-18(6-4-16)36-23-20-11-17(30-37(2,32)33)13-25-21(20)12-22(29-23)31-7-9-35-10-8-31/h11-16,18,30H,3-10H2,1-2H3,(H,26,27,28). The Morgan fingerprint density at radius 2 is 1.76 bits per heavy atom. The Labute approximate surface area is 215 Å². The van der Waals surface area contributed by atoms with Crippen molar-refractivity contribution in [3.63, 3.8) is 0 Å². The van der Waals surface area contributed by atoms with Crippen molar-refractivity contribution < 1.29 is 22.6 Å². The van der Waals surface area contributed by atoms with Crippen LogP contribution in [-0.4, -0.2) is 80.2 Å². The van der Waals surface area contributed by atoms with Crippen LogP contribution in [0.2, 0.25) is 0 Å². The number of rotatable bonds is 8. The Kier molecular flexibility index (Phi) is 7.42. The van der Waals surface area contributed by atoms with Gasteiger partial charge in [-0.25, -0.2) is 18.4 Å². The molecule has 3 aromatic heterocycles. The zero-order valence-electron chi connectivity index (χ0n) is 20.9. The average Bonchev–Trinajstić information content (AvgIpc) is 2.90. The third kappa shape index (κ3) is 6.46. The summed E-state index contributed by atoms with van der Waals surface area (Å²) in [6.45, 7) is 2.73. The second-order valence-electron chi connectivity index (χ2n) is 9.23. The van der Waals surface area contributed by atoms with Crippen LogP contribution in [-0.2, 0) is 14.8 Å². The fraction of sp³-hybridized carbons (Fsp3) is 0.500. The lowest BCUT2D eigenvalue weighted by Gasteiger charge is -2.31. The maximum atomic E-state index is 11.8. The van der Waals surface area contributed by atoms with Crippen LogP contribution in [0.1, 0.15) is 25.7 Å². The number of sulfonamides is 1. The number of nitrogens with zero attached hydrogens (tertiary/aromatic N) is 5. The summed E-state index contributed by atoms with van der Waals surface area (Å²) in [5.74, 6) is 2.42. The molecule has 2 aliphatic rings. The van der Waals surface area contributed by atoms with Crippen molar-refractivity contribution >= 4 is 38.4 Å². The van der Waals surface area contributed by atoms with Crippen LogP contribution in [0.15, 0.2) is 30.7 Å². The largest absolute Gasteiger partial charge is 0.494 e. The second-order valence-corrected chi connectivity index (χ2v) is 11.0. The SMILES string of the molecule is COc1cnc(NC2CCC(Oc3nc(N4CCOCC4)cc4ncc(NS(C)(=O)=O)cc34)CC2)nc1. The molecule has 13 heteroatoms. The van der Waals surface area contributed by atoms with Crippen molar-refractivity contribution in [3.05, 3.63) is 30.7 Å². The molecule has 3 aromatic rings. The van der Waals surface area contributed by atoms with E-state index in [0.29, 0.717) is 47.4 Å².